The maximum Gasteiger partial charge on any atom is 0.0751 e. The Morgan fingerprint density at radius 3 is 2.94 bits per heavy atom. The molecule has 0 amide bonds. The number of hydrogen-bond acceptors (Lipinski definition) is 3. The highest BCUT2D eigenvalue weighted by Gasteiger charge is 2.03. The standard InChI is InChI=1S/C15H20N2S/c1-12-7-8-14(16-9-3-4-11-18-2)13-6-5-10-17-15(12)13/h5-8,10,16H,3-4,9,11H2,1-2H3. The molecule has 2 rings (SSSR count). The van der Waals surface area contributed by atoms with Crippen LogP contribution in [0.3, 0.4) is 0 Å². The van der Waals surface area contributed by atoms with Gasteiger partial charge in [0.1, 0.15) is 0 Å². The maximum atomic E-state index is 4.46. The molecule has 0 spiro atoms. The zero-order chi connectivity index (χ0) is 12.8. The van der Waals surface area contributed by atoms with Gasteiger partial charge < -0.3 is 5.32 Å². The summed E-state index contributed by atoms with van der Waals surface area (Å²) in [6, 6.07) is 8.44. The van der Waals surface area contributed by atoms with Crippen molar-refractivity contribution in [3.8, 4) is 0 Å². The molecule has 0 unspecified atom stereocenters. The summed E-state index contributed by atoms with van der Waals surface area (Å²) in [6.45, 7) is 3.14. The lowest BCUT2D eigenvalue weighted by molar-refractivity contribution is 0.844. The van der Waals surface area contributed by atoms with Gasteiger partial charge in [-0.25, -0.2) is 0 Å². The zero-order valence-corrected chi connectivity index (χ0v) is 11.9. The second kappa shape index (κ2) is 6.64. The molecule has 0 saturated carbocycles. The van der Waals surface area contributed by atoms with Crippen molar-refractivity contribution in [2.24, 2.45) is 0 Å². The molecule has 1 heterocycles. The third kappa shape index (κ3) is 3.16. The highest BCUT2D eigenvalue weighted by atomic mass is 32.2. The first-order valence-corrected chi connectivity index (χ1v) is 7.79. The van der Waals surface area contributed by atoms with Crippen molar-refractivity contribution in [2.75, 3.05) is 23.9 Å². The molecule has 3 heteroatoms. The number of aryl methyl sites for hydroxylation is 1. The van der Waals surface area contributed by atoms with E-state index in [1.165, 1.54) is 35.2 Å². The number of pyridine rings is 1. The molecule has 0 aliphatic carbocycles. The first-order chi connectivity index (χ1) is 8.83. The minimum Gasteiger partial charge on any atom is -0.384 e. The van der Waals surface area contributed by atoms with Crippen LogP contribution in [0.15, 0.2) is 30.5 Å². The summed E-state index contributed by atoms with van der Waals surface area (Å²) in [5.41, 5.74) is 3.54. The lowest BCUT2D eigenvalue weighted by Crippen LogP contribution is -2.03. The van der Waals surface area contributed by atoms with Crippen molar-refractivity contribution in [1.82, 2.24) is 4.98 Å². The van der Waals surface area contributed by atoms with Gasteiger partial charge in [0, 0.05) is 23.8 Å². The molecule has 0 saturated heterocycles. The number of anilines is 1. The summed E-state index contributed by atoms with van der Waals surface area (Å²) < 4.78 is 0. The van der Waals surface area contributed by atoms with Gasteiger partial charge >= 0.3 is 0 Å². The van der Waals surface area contributed by atoms with E-state index >= 15 is 0 Å². The number of fused-ring (bicyclic) bond motifs is 1. The van der Waals surface area contributed by atoms with E-state index in [-0.39, 0.29) is 0 Å². The van der Waals surface area contributed by atoms with Crippen LogP contribution in [0.2, 0.25) is 0 Å². The molecule has 1 aromatic heterocycles. The molecule has 1 aromatic carbocycles. The Balaban J connectivity index is 2.07. The van der Waals surface area contributed by atoms with E-state index in [9.17, 15) is 0 Å². The van der Waals surface area contributed by atoms with Crippen molar-refractivity contribution in [3.05, 3.63) is 36.0 Å². The van der Waals surface area contributed by atoms with Crippen molar-refractivity contribution in [2.45, 2.75) is 19.8 Å². The van der Waals surface area contributed by atoms with E-state index in [1.54, 1.807) is 0 Å². The number of benzene rings is 1. The Morgan fingerprint density at radius 1 is 1.22 bits per heavy atom. The van der Waals surface area contributed by atoms with E-state index in [2.05, 4.69) is 41.7 Å². The van der Waals surface area contributed by atoms with Crippen molar-refractivity contribution in [1.29, 1.82) is 0 Å². The molecule has 0 bridgehead atoms. The van der Waals surface area contributed by atoms with Crippen molar-refractivity contribution in [3.63, 3.8) is 0 Å². The quantitative estimate of drug-likeness (QED) is 0.792. The first kappa shape index (κ1) is 13.2. The molecule has 2 nitrogen and oxygen atoms in total. The van der Waals surface area contributed by atoms with E-state index < -0.39 is 0 Å². The van der Waals surface area contributed by atoms with E-state index in [0.29, 0.717) is 0 Å². The van der Waals surface area contributed by atoms with Crippen LogP contribution in [0, 0.1) is 6.92 Å². The van der Waals surface area contributed by atoms with Gasteiger partial charge in [-0.2, -0.15) is 11.8 Å². The zero-order valence-electron chi connectivity index (χ0n) is 11.1. The Bertz CT molecular complexity index is 511. The lowest BCUT2D eigenvalue weighted by atomic mass is 10.1. The Morgan fingerprint density at radius 2 is 2.11 bits per heavy atom. The van der Waals surface area contributed by atoms with Gasteiger partial charge in [0.2, 0.25) is 0 Å². The van der Waals surface area contributed by atoms with Crippen LogP contribution in [0.4, 0.5) is 5.69 Å². The first-order valence-electron chi connectivity index (χ1n) is 6.40. The minimum atomic E-state index is 1.04. The summed E-state index contributed by atoms with van der Waals surface area (Å²) in [6.07, 6.45) is 6.51. The largest absolute Gasteiger partial charge is 0.384 e. The summed E-state index contributed by atoms with van der Waals surface area (Å²) in [5.74, 6) is 1.25. The number of nitrogens with one attached hydrogen (secondary N) is 1. The number of aromatic nitrogens is 1. The predicted molar refractivity (Wildman–Crippen MR) is 82.6 cm³/mol. The van der Waals surface area contributed by atoms with Crippen LogP contribution in [-0.4, -0.2) is 23.5 Å². The molecule has 0 aliphatic heterocycles. The number of hydrogen-bond donors (Lipinski definition) is 1. The number of nitrogens with zero attached hydrogens (tertiary/aromatic N) is 1. The molecule has 0 atom stereocenters. The van der Waals surface area contributed by atoms with Crippen LogP contribution in [0.5, 0.6) is 0 Å². The highest BCUT2D eigenvalue weighted by Crippen LogP contribution is 2.24. The molecular formula is C15H20N2S. The van der Waals surface area contributed by atoms with Crippen LogP contribution in [0.1, 0.15) is 18.4 Å². The highest BCUT2D eigenvalue weighted by molar-refractivity contribution is 7.98. The van der Waals surface area contributed by atoms with Crippen molar-refractivity contribution < 1.29 is 0 Å². The van der Waals surface area contributed by atoms with Gasteiger partial charge in [-0.05, 0) is 55.5 Å². The van der Waals surface area contributed by atoms with Gasteiger partial charge in [-0.1, -0.05) is 6.07 Å². The SMILES string of the molecule is CSCCCCNc1ccc(C)c2ncccc12. The van der Waals surface area contributed by atoms with Gasteiger partial charge in [0.15, 0.2) is 0 Å². The average molecular weight is 260 g/mol. The van der Waals surface area contributed by atoms with Crippen molar-refractivity contribution >= 4 is 28.4 Å². The molecule has 1 N–H and O–H groups in total. The minimum absolute atomic E-state index is 1.04. The monoisotopic (exact) mass is 260 g/mol. The molecule has 0 aliphatic rings. The molecular weight excluding hydrogens is 240 g/mol. The smallest absolute Gasteiger partial charge is 0.0751 e. The Labute approximate surface area is 113 Å². The van der Waals surface area contributed by atoms with Crippen LogP contribution >= 0.6 is 11.8 Å². The van der Waals surface area contributed by atoms with E-state index in [4.69, 9.17) is 0 Å². The summed E-state index contributed by atoms with van der Waals surface area (Å²) >= 11 is 1.91. The van der Waals surface area contributed by atoms with Crippen LogP contribution in [-0.2, 0) is 0 Å². The summed E-state index contributed by atoms with van der Waals surface area (Å²) in [5, 5.41) is 4.75. The number of unbranched alkanes of at least 4 members (excludes halogenated alkanes) is 1. The topological polar surface area (TPSA) is 24.9 Å². The third-order valence-electron chi connectivity index (χ3n) is 3.06. The van der Waals surface area contributed by atoms with Crippen LogP contribution < -0.4 is 5.32 Å². The number of thioether (sulfide) groups is 1. The fourth-order valence-electron chi connectivity index (χ4n) is 2.06. The molecule has 0 fully saturated rings. The second-order valence-corrected chi connectivity index (χ2v) is 5.44. The maximum absolute atomic E-state index is 4.46. The normalized spacial score (nSPS) is 10.8. The van der Waals surface area contributed by atoms with Gasteiger partial charge in [0.25, 0.3) is 0 Å². The Hall–Kier alpha value is -1.22. The van der Waals surface area contributed by atoms with E-state index in [0.717, 1.165) is 12.1 Å². The van der Waals surface area contributed by atoms with Gasteiger partial charge in [-0.3, -0.25) is 4.98 Å². The fourth-order valence-corrected chi connectivity index (χ4v) is 2.56. The molecule has 2 aromatic rings. The Kier molecular flexibility index (Phi) is 4.88. The molecule has 0 radical (unpaired) electrons. The summed E-state index contributed by atoms with van der Waals surface area (Å²) in [4.78, 5) is 4.46. The van der Waals surface area contributed by atoms with Crippen LogP contribution in [0.25, 0.3) is 10.9 Å². The lowest BCUT2D eigenvalue weighted by Gasteiger charge is -2.10. The fraction of sp³-hybridized carbons (Fsp3) is 0.400. The van der Waals surface area contributed by atoms with Gasteiger partial charge in [-0.15, -0.1) is 0 Å². The summed E-state index contributed by atoms with van der Waals surface area (Å²) in [7, 11) is 0. The van der Waals surface area contributed by atoms with E-state index in [1.807, 2.05) is 24.0 Å². The molecule has 18 heavy (non-hydrogen) atoms. The second-order valence-electron chi connectivity index (χ2n) is 4.46. The third-order valence-corrected chi connectivity index (χ3v) is 3.76. The average Bonchev–Trinajstić information content (AvgIpc) is 2.41. The number of rotatable bonds is 6. The predicted octanol–water partition coefficient (Wildman–Crippen LogP) is 4.10. The molecule has 96 valence electrons. The van der Waals surface area contributed by atoms with Gasteiger partial charge in [0.05, 0.1) is 5.52 Å².